The zero-order chi connectivity index (χ0) is 94.0. The number of rotatable bonds is 12. The maximum Gasteiger partial charge on any atom is 0.149 e. The van der Waals surface area contributed by atoms with Crippen molar-refractivity contribution in [1.29, 1.82) is 0 Å². The van der Waals surface area contributed by atoms with Crippen molar-refractivity contribution in [2.45, 2.75) is 92.4 Å². The summed E-state index contributed by atoms with van der Waals surface area (Å²) in [6.45, 7) is 26.4. The molecule has 4 atom stereocenters. The van der Waals surface area contributed by atoms with Gasteiger partial charge in [-0.1, -0.05) is 103 Å². The van der Waals surface area contributed by atoms with Crippen LogP contribution in [0.5, 0.6) is 0 Å². The normalized spacial score (nSPS) is 17.1. The van der Waals surface area contributed by atoms with Gasteiger partial charge >= 0.3 is 0 Å². The van der Waals surface area contributed by atoms with Crippen molar-refractivity contribution in [2.24, 2.45) is 5.41 Å². The highest BCUT2D eigenvalue weighted by Gasteiger charge is 2.43. The Morgan fingerprint density at radius 3 is 1.06 bits per heavy atom. The first-order valence-corrected chi connectivity index (χ1v) is 47.6. The first-order valence-electron chi connectivity index (χ1n) is 47.6. The van der Waals surface area contributed by atoms with Crippen molar-refractivity contribution in [3.63, 3.8) is 0 Å². The number of hydrogen-bond donors (Lipinski definition) is 4. The molecular formula is C115H106F3N17O3. The number of hydrogen-bond acceptors (Lipinski definition) is 16. The Morgan fingerprint density at radius 2 is 0.688 bits per heavy atom. The third kappa shape index (κ3) is 17.8. The van der Waals surface area contributed by atoms with Crippen LogP contribution in [0.1, 0.15) is 94.0 Å². The van der Waals surface area contributed by atoms with Gasteiger partial charge in [0.25, 0.3) is 0 Å². The Hall–Kier alpha value is -14.5. The summed E-state index contributed by atoms with van der Waals surface area (Å²) in [7, 11) is 0. The van der Waals surface area contributed by atoms with Crippen molar-refractivity contribution in [1.82, 2.24) is 78.7 Å². The summed E-state index contributed by atoms with van der Waals surface area (Å²) in [5.74, 6) is -0.882. The maximum atomic E-state index is 14.7. The van der Waals surface area contributed by atoms with Crippen LogP contribution in [0.2, 0.25) is 0 Å². The van der Waals surface area contributed by atoms with Crippen molar-refractivity contribution < 1.29 is 27.4 Å². The monoisotopic (exact) mass is 1830 g/mol. The van der Waals surface area contributed by atoms with Crippen LogP contribution in [0.25, 0.3) is 156 Å². The second kappa shape index (κ2) is 37.5. The van der Waals surface area contributed by atoms with Crippen LogP contribution in [0.4, 0.5) is 18.9 Å². The molecular weight excluding hydrogens is 1720 g/mol. The van der Waals surface area contributed by atoms with Crippen LogP contribution in [0.15, 0.2) is 280 Å². The molecule has 5 fully saturated rings. The molecule has 23 heteroatoms. The Bertz CT molecular complexity index is 8010. The number of nitrogens with zero attached hydrogens (tertiary/aromatic N) is 13. The van der Waals surface area contributed by atoms with E-state index in [9.17, 15) is 13.2 Å². The first kappa shape index (κ1) is 88.7. The molecule has 5 aliphatic heterocycles. The molecule has 12 aromatic heterocycles. The summed E-state index contributed by atoms with van der Waals surface area (Å²) >= 11 is 0. The smallest absolute Gasteiger partial charge is 0.149 e. The topological polar surface area (TPSA) is 200 Å². The highest BCUT2D eigenvalue weighted by Crippen LogP contribution is 2.44. The molecule has 1 spiro atoms. The van der Waals surface area contributed by atoms with Gasteiger partial charge in [-0.05, 0) is 287 Å². The fourth-order valence-corrected chi connectivity index (χ4v) is 20.6. The number of para-hydroxylation sites is 1. The average molecular weight is 1830 g/mol. The fraction of sp³-hybridized carbons (Fsp3) is 0.235. The highest BCUT2D eigenvalue weighted by atomic mass is 19.1. The lowest BCUT2D eigenvalue weighted by Crippen LogP contribution is -2.60. The zero-order valence-corrected chi connectivity index (χ0v) is 78.4. The molecule has 0 bridgehead atoms. The molecule has 690 valence electrons. The average Bonchev–Trinajstić information content (AvgIpc) is 1.42. The number of benzene rings is 8. The van der Waals surface area contributed by atoms with Crippen LogP contribution < -0.4 is 26.2 Å². The number of halogens is 3. The molecule has 138 heavy (non-hydrogen) atoms. The number of piperidine rings is 1. The molecule has 20 aromatic rings. The molecule has 5 aliphatic rings. The molecule has 4 N–H and O–H groups in total. The van der Waals surface area contributed by atoms with E-state index in [1.807, 2.05) is 128 Å². The fourth-order valence-electron chi connectivity index (χ4n) is 20.6. The van der Waals surface area contributed by atoms with Crippen molar-refractivity contribution in [3.05, 3.63) is 354 Å². The van der Waals surface area contributed by atoms with Gasteiger partial charge in [0.15, 0.2) is 0 Å². The predicted octanol–water partition coefficient (Wildman–Crippen LogP) is 23.0. The van der Waals surface area contributed by atoms with Gasteiger partial charge in [0, 0.05) is 135 Å². The molecule has 17 heterocycles. The quantitative estimate of drug-likeness (QED) is 0.0899. The molecule has 0 saturated carbocycles. The summed E-state index contributed by atoms with van der Waals surface area (Å²) in [5.41, 5.74) is 34.1. The Labute approximate surface area is 798 Å². The summed E-state index contributed by atoms with van der Waals surface area (Å²) in [6, 6.07) is 79.9. The van der Waals surface area contributed by atoms with E-state index in [4.69, 9.17) is 24.2 Å². The summed E-state index contributed by atoms with van der Waals surface area (Å²) < 4.78 is 69.3. The number of imidazole rings is 4. The van der Waals surface area contributed by atoms with Gasteiger partial charge in [-0.3, -0.25) is 37.5 Å². The minimum Gasteiger partial charge on any atom is -0.378 e. The Balaban J connectivity index is 0.000000106. The molecule has 0 radical (unpaired) electrons. The van der Waals surface area contributed by atoms with Gasteiger partial charge < -0.3 is 40.4 Å². The standard InChI is InChI=1S/C31H30FN5.C29H27FN4O.C28H25FN4O.C27H24N4O/c1-20-13-26-25(15-21(2)35-30(26)27(32)14-20)28-17-34-29-16-23(7-12-37(28)29)22-3-5-24(6-4-22)36-18-31(19-36)8-10-33-11-9-31;1-17-10-24-23(12-18(2)33-29(24)25(30)11-17)27-14-31-28-13-22(8-9-34(27)28)20-4-6-21(7-5-20)26-16-35-15-19(3)32-26;1-17-11-23-22(13-18(2)32-28(23)24(29)12-17)26-15-31-27-14-21(7-9-33(26)27)19-3-5-20(6-4-19)25-16-34-10-8-30-25;1-18-14-23(22-4-2-3-5-24(22)30-18)26-16-29-27-15-21(10-12-31(26)27)19-6-8-20(9-7-19)25-17-32-13-11-28-25/h3-7,12-17,33H,8-11,18-19H2,1-2H3;4-14,19,26,32H,15-16H2,1-3H3;3-7,9,11-15,25,30H,8,10,16H2,1-2H3;2-10,12,14-16,25,28H,11,13,17H2,1H3. The lowest BCUT2D eigenvalue weighted by molar-refractivity contribution is 0.0504. The number of fused-ring (bicyclic) bond motifs is 8. The maximum absolute atomic E-state index is 14.7. The number of anilines is 1. The van der Waals surface area contributed by atoms with Crippen LogP contribution in [-0.2, 0) is 14.2 Å². The van der Waals surface area contributed by atoms with Gasteiger partial charge in [0.05, 0.1) is 111 Å². The number of aromatic nitrogens is 12. The van der Waals surface area contributed by atoms with E-state index in [0.717, 1.165) is 220 Å². The van der Waals surface area contributed by atoms with Crippen molar-refractivity contribution in [3.8, 4) is 89.5 Å². The van der Waals surface area contributed by atoms with E-state index < -0.39 is 0 Å². The summed E-state index contributed by atoms with van der Waals surface area (Å²) in [4.78, 5) is 39.3. The van der Waals surface area contributed by atoms with Gasteiger partial charge in [0.1, 0.15) is 56.6 Å². The van der Waals surface area contributed by atoms with Gasteiger partial charge in [-0.2, -0.15) is 0 Å². The first-order chi connectivity index (χ1) is 67.3. The van der Waals surface area contributed by atoms with Crippen LogP contribution in [-0.4, -0.2) is 142 Å². The number of pyridine rings is 8. The van der Waals surface area contributed by atoms with Crippen LogP contribution in [0, 0.1) is 71.3 Å². The zero-order valence-electron chi connectivity index (χ0n) is 78.4. The van der Waals surface area contributed by atoms with E-state index in [1.165, 1.54) is 77.6 Å². The Kier molecular flexibility index (Phi) is 24.1. The number of aryl methyl sites for hydroxylation is 7. The van der Waals surface area contributed by atoms with E-state index in [-0.39, 0.29) is 35.6 Å². The molecule has 4 unspecified atom stereocenters. The second-order valence-electron chi connectivity index (χ2n) is 37.7. The van der Waals surface area contributed by atoms with Gasteiger partial charge in [-0.25, -0.2) is 33.1 Å². The number of morpholine rings is 3. The van der Waals surface area contributed by atoms with Gasteiger partial charge in [0.2, 0.25) is 0 Å². The molecule has 0 amide bonds. The lowest BCUT2D eigenvalue weighted by atomic mass is 9.72. The molecule has 5 saturated heterocycles. The van der Waals surface area contributed by atoms with Gasteiger partial charge in [-0.15, -0.1) is 0 Å². The van der Waals surface area contributed by atoms with E-state index in [2.05, 4.69) is 263 Å². The molecule has 8 aromatic carbocycles. The van der Waals surface area contributed by atoms with E-state index in [0.29, 0.717) is 41.2 Å². The van der Waals surface area contributed by atoms with Crippen molar-refractivity contribution >= 4 is 71.9 Å². The summed E-state index contributed by atoms with van der Waals surface area (Å²) in [6.07, 6.45) is 18.4. The second-order valence-corrected chi connectivity index (χ2v) is 37.7. The van der Waals surface area contributed by atoms with Crippen LogP contribution >= 0.6 is 0 Å². The number of ether oxygens (including phenoxy) is 3. The Morgan fingerprint density at radius 1 is 0.341 bits per heavy atom. The third-order valence-electron chi connectivity index (χ3n) is 27.6. The third-order valence-corrected chi connectivity index (χ3v) is 27.6. The molecule has 25 rings (SSSR count). The largest absolute Gasteiger partial charge is 0.378 e. The number of nitrogens with one attached hydrogen (secondary N) is 4. The molecule has 0 aliphatic carbocycles. The van der Waals surface area contributed by atoms with E-state index >= 15 is 0 Å². The van der Waals surface area contributed by atoms with E-state index in [1.54, 1.807) is 0 Å². The minimum atomic E-state index is -0.297. The highest BCUT2D eigenvalue weighted by molar-refractivity contribution is 5.99. The van der Waals surface area contributed by atoms with Crippen molar-refractivity contribution in [2.75, 3.05) is 83.8 Å². The van der Waals surface area contributed by atoms with Crippen LogP contribution in [0.3, 0.4) is 0 Å². The predicted molar refractivity (Wildman–Crippen MR) is 545 cm³/mol. The molecule has 20 nitrogen and oxygen atoms in total. The SMILES string of the molecule is Cc1cc(-c2cnc3cc(-c4ccc(C5COCCN5)cc4)ccn23)c2ccccc2n1.Cc1cc(F)c2nc(C)cc(-c3cnc4cc(-c5ccc(C6COCC(C)N6)cc5)ccn34)c2c1.Cc1cc(F)c2nc(C)cc(-c3cnc4cc(-c5ccc(C6COCCN6)cc5)ccn34)c2c1.Cc1cc(F)c2nc(C)cc(-c3cnc4cc(-c5ccc(N6CC7(CCNCC7)C6)cc5)ccn34)c2c1. The lowest BCUT2D eigenvalue weighted by Gasteiger charge is -2.53. The summed E-state index contributed by atoms with van der Waals surface area (Å²) in [5, 5.41) is 17.6. The minimum absolute atomic E-state index is 0.220.